The van der Waals surface area contributed by atoms with E-state index in [1.54, 1.807) is 0 Å². The molecule has 2 nitrogen and oxygen atoms in total. The minimum absolute atomic E-state index is 0.480. The molecular formula is C14H26N2. The Hall–Kier alpha value is -0.520. The van der Waals surface area contributed by atoms with Crippen LogP contribution < -0.4 is 5.32 Å². The largest absolute Gasteiger partial charge is 0.305 e. The summed E-state index contributed by atoms with van der Waals surface area (Å²) in [5, 5.41) is 3.25. The monoisotopic (exact) mass is 222 g/mol. The average Bonchev–Trinajstić information content (AvgIpc) is 2.24. The first kappa shape index (κ1) is 13.5. The van der Waals surface area contributed by atoms with Crippen molar-refractivity contribution in [2.45, 2.75) is 33.6 Å². The van der Waals surface area contributed by atoms with Crippen LogP contribution in [0.25, 0.3) is 0 Å². The van der Waals surface area contributed by atoms with Gasteiger partial charge in [-0.2, -0.15) is 0 Å². The molecule has 0 saturated carbocycles. The summed E-state index contributed by atoms with van der Waals surface area (Å²) in [7, 11) is 0. The highest BCUT2D eigenvalue weighted by Gasteiger charge is 2.28. The average molecular weight is 222 g/mol. The maximum Gasteiger partial charge on any atom is 0.0574 e. The van der Waals surface area contributed by atoms with Crippen LogP contribution in [0, 0.1) is 23.7 Å². The van der Waals surface area contributed by atoms with Gasteiger partial charge in [0, 0.05) is 13.1 Å². The first-order valence-electron chi connectivity index (χ1n) is 6.40. The number of likely N-dealkylation sites (tertiary alicyclic amines) is 1. The zero-order chi connectivity index (χ0) is 12.0. The predicted octanol–water partition coefficient (Wildman–Crippen LogP) is 1.97. The van der Waals surface area contributed by atoms with Crippen LogP contribution in [0.15, 0.2) is 0 Å². The molecule has 1 rings (SSSR count). The topological polar surface area (TPSA) is 15.3 Å². The van der Waals surface area contributed by atoms with E-state index in [1.807, 2.05) is 0 Å². The van der Waals surface area contributed by atoms with E-state index < -0.39 is 0 Å². The van der Waals surface area contributed by atoms with Crippen molar-refractivity contribution in [2.24, 2.45) is 11.3 Å². The van der Waals surface area contributed by atoms with Gasteiger partial charge in [0.05, 0.1) is 6.54 Å². The molecule has 0 aromatic rings. The van der Waals surface area contributed by atoms with Crippen LogP contribution in [0.3, 0.4) is 0 Å². The molecule has 0 unspecified atom stereocenters. The van der Waals surface area contributed by atoms with Gasteiger partial charge in [-0.05, 0) is 37.3 Å². The van der Waals surface area contributed by atoms with Crippen molar-refractivity contribution in [3.8, 4) is 12.3 Å². The minimum atomic E-state index is 0.480. The van der Waals surface area contributed by atoms with E-state index in [1.165, 1.54) is 25.9 Å². The van der Waals surface area contributed by atoms with Gasteiger partial charge in [-0.25, -0.2) is 0 Å². The number of nitrogens with zero attached hydrogens (tertiary/aromatic N) is 1. The zero-order valence-electron chi connectivity index (χ0n) is 11.1. The summed E-state index contributed by atoms with van der Waals surface area (Å²) in [6, 6.07) is 0. The van der Waals surface area contributed by atoms with E-state index in [-0.39, 0.29) is 0 Å². The Morgan fingerprint density at radius 1 is 1.31 bits per heavy atom. The molecule has 0 aliphatic carbocycles. The minimum Gasteiger partial charge on any atom is -0.305 e. The molecular weight excluding hydrogens is 196 g/mol. The van der Waals surface area contributed by atoms with Gasteiger partial charge in [0.15, 0.2) is 0 Å². The Morgan fingerprint density at radius 3 is 2.44 bits per heavy atom. The van der Waals surface area contributed by atoms with Gasteiger partial charge >= 0.3 is 0 Å². The van der Waals surface area contributed by atoms with Crippen LogP contribution in [-0.4, -0.2) is 37.6 Å². The van der Waals surface area contributed by atoms with Crippen LogP contribution in [0.1, 0.15) is 33.6 Å². The molecule has 2 heteroatoms. The second-order valence-corrected chi connectivity index (χ2v) is 5.86. The molecule has 16 heavy (non-hydrogen) atoms. The molecule has 1 heterocycles. The van der Waals surface area contributed by atoms with E-state index in [2.05, 4.69) is 36.9 Å². The Morgan fingerprint density at radius 2 is 1.94 bits per heavy atom. The first-order valence-corrected chi connectivity index (χ1v) is 6.40. The Balaban J connectivity index is 2.15. The molecule has 0 bridgehead atoms. The number of hydrogen-bond acceptors (Lipinski definition) is 2. The van der Waals surface area contributed by atoms with E-state index >= 15 is 0 Å². The van der Waals surface area contributed by atoms with Gasteiger partial charge in [-0.15, -0.1) is 6.42 Å². The summed E-state index contributed by atoms with van der Waals surface area (Å²) in [6.45, 7) is 12.4. The van der Waals surface area contributed by atoms with Gasteiger partial charge in [0.25, 0.3) is 0 Å². The lowest BCUT2D eigenvalue weighted by molar-refractivity contribution is 0.113. The van der Waals surface area contributed by atoms with Crippen molar-refractivity contribution in [1.82, 2.24) is 10.2 Å². The van der Waals surface area contributed by atoms with Gasteiger partial charge in [-0.1, -0.05) is 26.7 Å². The quantitative estimate of drug-likeness (QED) is 0.578. The van der Waals surface area contributed by atoms with Crippen LogP contribution in [0.5, 0.6) is 0 Å². The summed E-state index contributed by atoms with van der Waals surface area (Å²) in [6.07, 6.45) is 7.88. The van der Waals surface area contributed by atoms with Crippen molar-refractivity contribution in [3.05, 3.63) is 0 Å². The standard InChI is InChI=1S/C14H26N2/c1-5-8-15-9-12-16-10-6-13(7-11-16)14(2,3)4/h1,13,15H,6-12H2,2-4H3. The number of nitrogens with one attached hydrogen (secondary N) is 1. The van der Waals surface area contributed by atoms with Crippen molar-refractivity contribution in [2.75, 3.05) is 32.7 Å². The van der Waals surface area contributed by atoms with Crippen LogP contribution in [-0.2, 0) is 0 Å². The maximum atomic E-state index is 5.19. The molecule has 0 spiro atoms. The fourth-order valence-electron chi connectivity index (χ4n) is 2.42. The molecule has 0 aromatic carbocycles. The van der Waals surface area contributed by atoms with Crippen molar-refractivity contribution >= 4 is 0 Å². The molecule has 92 valence electrons. The van der Waals surface area contributed by atoms with Gasteiger partial charge in [0.1, 0.15) is 0 Å². The maximum absolute atomic E-state index is 5.19. The SMILES string of the molecule is C#CCNCCN1CCC(C(C)(C)C)CC1. The lowest BCUT2D eigenvalue weighted by Gasteiger charge is -2.38. The van der Waals surface area contributed by atoms with E-state index in [0.717, 1.165) is 19.0 Å². The fraction of sp³-hybridized carbons (Fsp3) is 0.857. The number of terminal acetylenes is 1. The smallest absolute Gasteiger partial charge is 0.0574 e. The highest BCUT2D eigenvalue weighted by molar-refractivity contribution is 4.86. The van der Waals surface area contributed by atoms with Gasteiger partial charge in [0.2, 0.25) is 0 Å². The summed E-state index contributed by atoms with van der Waals surface area (Å²) in [4.78, 5) is 2.55. The van der Waals surface area contributed by atoms with Crippen LogP contribution in [0.2, 0.25) is 0 Å². The second kappa shape index (κ2) is 6.27. The van der Waals surface area contributed by atoms with E-state index in [4.69, 9.17) is 6.42 Å². The van der Waals surface area contributed by atoms with Crippen LogP contribution >= 0.6 is 0 Å². The highest BCUT2D eigenvalue weighted by atomic mass is 15.1. The molecule has 1 N–H and O–H groups in total. The number of hydrogen-bond donors (Lipinski definition) is 1. The third kappa shape index (κ3) is 4.55. The molecule has 1 aliphatic rings. The third-order valence-corrected chi connectivity index (χ3v) is 3.64. The summed E-state index contributed by atoms with van der Waals surface area (Å²) in [5.41, 5.74) is 0.480. The lowest BCUT2D eigenvalue weighted by atomic mass is 9.75. The Kier molecular flexibility index (Phi) is 5.31. The second-order valence-electron chi connectivity index (χ2n) is 5.86. The summed E-state index contributed by atoms with van der Waals surface area (Å²) < 4.78 is 0. The molecule has 1 aliphatic heterocycles. The van der Waals surface area contributed by atoms with E-state index in [0.29, 0.717) is 12.0 Å². The molecule has 0 amide bonds. The molecule has 1 fully saturated rings. The lowest BCUT2D eigenvalue weighted by Crippen LogP contribution is -2.41. The molecule has 0 atom stereocenters. The number of piperidine rings is 1. The molecule has 0 radical (unpaired) electrons. The summed E-state index contributed by atoms with van der Waals surface area (Å²) >= 11 is 0. The van der Waals surface area contributed by atoms with Gasteiger partial charge in [-0.3, -0.25) is 0 Å². The Bertz CT molecular complexity index is 226. The summed E-state index contributed by atoms with van der Waals surface area (Å²) in [5.74, 6) is 3.49. The van der Waals surface area contributed by atoms with Crippen molar-refractivity contribution in [3.63, 3.8) is 0 Å². The molecule has 1 saturated heterocycles. The normalized spacial score (nSPS) is 19.6. The fourth-order valence-corrected chi connectivity index (χ4v) is 2.42. The van der Waals surface area contributed by atoms with Crippen LogP contribution in [0.4, 0.5) is 0 Å². The van der Waals surface area contributed by atoms with Gasteiger partial charge < -0.3 is 10.2 Å². The zero-order valence-corrected chi connectivity index (χ0v) is 11.1. The Labute approximate surface area is 101 Å². The predicted molar refractivity (Wildman–Crippen MR) is 70.3 cm³/mol. The number of rotatable bonds is 4. The van der Waals surface area contributed by atoms with E-state index in [9.17, 15) is 0 Å². The van der Waals surface area contributed by atoms with Crippen molar-refractivity contribution < 1.29 is 0 Å². The first-order chi connectivity index (χ1) is 7.54. The molecule has 0 aromatic heterocycles. The van der Waals surface area contributed by atoms with Crippen molar-refractivity contribution in [1.29, 1.82) is 0 Å². The highest BCUT2D eigenvalue weighted by Crippen LogP contribution is 2.33. The third-order valence-electron chi connectivity index (χ3n) is 3.64.